The molecule has 1 aromatic heterocycles. The molecule has 2 aromatic rings. The van der Waals surface area contributed by atoms with E-state index in [0.29, 0.717) is 11.5 Å². The number of ether oxygens (including phenoxy) is 2. The summed E-state index contributed by atoms with van der Waals surface area (Å²) in [4.78, 5) is 12.1. The molecule has 0 unspecified atom stereocenters. The number of esters is 1. The van der Waals surface area contributed by atoms with Crippen LogP contribution >= 0.6 is 0 Å². The molecule has 0 atom stereocenters. The number of carbonyl (C=O) groups excluding carboxylic acids is 1. The van der Waals surface area contributed by atoms with Crippen molar-refractivity contribution in [1.29, 1.82) is 0 Å². The minimum absolute atomic E-state index is 0.0844. The predicted octanol–water partition coefficient (Wildman–Crippen LogP) is 2.04. The third kappa shape index (κ3) is 4.80. The third-order valence-corrected chi connectivity index (χ3v) is 4.78. The molecule has 0 aliphatic heterocycles. The molecule has 0 amide bonds. The average Bonchev–Trinajstić information content (AvgIpc) is 2.96. The third-order valence-electron chi connectivity index (χ3n) is 3.10. The highest BCUT2D eigenvalue weighted by Crippen LogP contribution is 2.25. The number of hydrogen-bond acceptors (Lipinski definition) is 7. The van der Waals surface area contributed by atoms with Crippen LogP contribution in [0, 0.1) is 6.92 Å². The molecule has 1 N–H and O–H groups in total. The Hall–Kier alpha value is -2.39. The van der Waals surface area contributed by atoms with Gasteiger partial charge in [-0.3, -0.25) is 0 Å². The molecule has 0 bridgehead atoms. The number of rotatable bonds is 7. The highest BCUT2D eigenvalue weighted by Gasteiger charge is 2.23. The fourth-order valence-electron chi connectivity index (χ4n) is 2.09. The summed E-state index contributed by atoms with van der Waals surface area (Å²) in [5.74, 6) is -0.151. The van der Waals surface area contributed by atoms with Gasteiger partial charge in [-0.2, -0.15) is 0 Å². The van der Waals surface area contributed by atoms with Crippen LogP contribution in [0.2, 0.25) is 0 Å². The molecular formula is C16H20N2O6S. The number of nitrogens with one attached hydrogen (secondary N) is 1. The van der Waals surface area contributed by atoms with Crippen molar-refractivity contribution >= 4 is 16.0 Å². The van der Waals surface area contributed by atoms with Crippen molar-refractivity contribution in [3.63, 3.8) is 0 Å². The number of benzene rings is 1. The minimum Gasteiger partial charge on any atom is -0.495 e. The van der Waals surface area contributed by atoms with E-state index in [1.807, 2.05) is 0 Å². The van der Waals surface area contributed by atoms with Gasteiger partial charge >= 0.3 is 5.97 Å². The van der Waals surface area contributed by atoms with Crippen LogP contribution in [-0.4, -0.2) is 32.7 Å². The van der Waals surface area contributed by atoms with Gasteiger partial charge in [0.2, 0.25) is 10.0 Å². The standard InChI is InChI=1S/C16H20N2O6S/c1-10(2)18-25(20,21)15-8-12(5-6-14(15)22-4)16(19)23-9-13-7-11(3)17-24-13/h5-8,10,18H,9H2,1-4H3. The molecule has 2 rings (SSSR count). The summed E-state index contributed by atoms with van der Waals surface area (Å²) >= 11 is 0. The average molecular weight is 368 g/mol. The highest BCUT2D eigenvalue weighted by atomic mass is 32.2. The van der Waals surface area contributed by atoms with E-state index in [1.165, 1.54) is 25.3 Å². The molecule has 0 aliphatic carbocycles. The summed E-state index contributed by atoms with van der Waals surface area (Å²) in [6, 6.07) is 5.40. The van der Waals surface area contributed by atoms with Gasteiger partial charge in [-0.1, -0.05) is 5.16 Å². The summed E-state index contributed by atoms with van der Waals surface area (Å²) in [6.07, 6.45) is 0. The number of aryl methyl sites for hydroxylation is 1. The first-order chi connectivity index (χ1) is 11.7. The summed E-state index contributed by atoms with van der Waals surface area (Å²) in [5, 5.41) is 3.69. The second kappa shape index (κ2) is 7.66. The van der Waals surface area contributed by atoms with Gasteiger partial charge in [-0.15, -0.1) is 0 Å². The van der Waals surface area contributed by atoms with Crippen LogP contribution in [-0.2, 0) is 21.4 Å². The van der Waals surface area contributed by atoms with Crippen molar-refractivity contribution in [2.75, 3.05) is 7.11 Å². The molecule has 9 heteroatoms. The van der Waals surface area contributed by atoms with Crippen molar-refractivity contribution in [3.8, 4) is 5.75 Å². The lowest BCUT2D eigenvalue weighted by Gasteiger charge is -2.13. The van der Waals surface area contributed by atoms with E-state index in [9.17, 15) is 13.2 Å². The summed E-state index contributed by atoms with van der Waals surface area (Å²) in [7, 11) is -2.48. The second-order valence-electron chi connectivity index (χ2n) is 5.65. The van der Waals surface area contributed by atoms with Gasteiger partial charge in [0.05, 0.1) is 18.4 Å². The Morgan fingerprint density at radius 2 is 2.04 bits per heavy atom. The normalized spacial score (nSPS) is 11.6. The van der Waals surface area contributed by atoms with Gasteiger partial charge in [0, 0.05) is 12.1 Å². The summed E-state index contributed by atoms with van der Waals surface area (Å²) in [6.45, 7) is 5.04. The van der Waals surface area contributed by atoms with Crippen LogP contribution < -0.4 is 9.46 Å². The zero-order valence-electron chi connectivity index (χ0n) is 14.4. The van der Waals surface area contributed by atoms with E-state index in [1.54, 1.807) is 26.8 Å². The molecule has 0 fully saturated rings. The Bertz CT molecular complexity index is 857. The zero-order valence-corrected chi connectivity index (χ0v) is 15.2. The molecule has 1 heterocycles. The molecule has 25 heavy (non-hydrogen) atoms. The van der Waals surface area contributed by atoms with Crippen LogP contribution in [0.25, 0.3) is 0 Å². The van der Waals surface area contributed by atoms with Crippen LogP contribution in [0.4, 0.5) is 0 Å². The maximum atomic E-state index is 12.4. The van der Waals surface area contributed by atoms with E-state index >= 15 is 0 Å². The quantitative estimate of drug-likeness (QED) is 0.745. The molecule has 0 saturated carbocycles. The molecule has 0 saturated heterocycles. The Morgan fingerprint density at radius 1 is 1.32 bits per heavy atom. The molecule has 0 spiro atoms. The van der Waals surface area contributed by atoms with E-state index in [0.717, 1.165) is 0 Å². The Labute approximate surface area is 146 Å². The molecule has 136 valence electrons. The first-order valence-electron chi connectivity index (χ1n) is 7.52. The van der Waals surface area contributed by atoms with E-state index < -0.39 is 16.0 Å². The van der Waals surface area contributed by atoms with Crippen LogP contribution in [0.1, 0.15) is 35.7 Å². The number of nitrogens with zero attached hydrogens (tertiary/aromatic N) is 1. The first kappa shape index (κ1) is 18.9. The van der Waals surface area contributed by atoms with Crippen molar-refractivity contribution in [2.24, 2.45) is 0 Å². The number of methoxy groups -OCH3 is 1. The maximum absolute atomic E-state index is 12.4. The van der Waals surface area contributed by atoms with Gasteiger partial charge in [-0.25, -0.2) is 17.9 Å². The SMILES string of the molecule is COc1ccc(C(=O)OCc2cc(C)no2)cc1S(=O)(=O)NC(C)C. The topological polar surface area (TPSA) is 108 Å². The minimum atomic E-state index is -3.83. The number of aromatic nitrogens is 1. The molecule has 0 radical (unpaired) electrons. The highest BCUT2D eigenvalue weighted by molar-refractivity contribution is 7.89. The molecular weight excluding hydrogens is 348 g/mol. The largest absolute Gasteiger partial charge is 0.495 e. The number of carbonyl (C=O) groups is 1. The van der Waals surface area contributed by atoms with Gasteiger partial charge < -0.3 is 14.0 Å². The van der Waals surface area contributed by atoms with Crippen LogP contribution in [0.15, 0.2) is 33.7 Å². The summed E-state index contributed by atoms with van der Waals surface area (Å²) in [5.41, 5.74) is 0.754. The molecule has 8 nitrogen and oxygen atoms in total. The van der Waals surface area contributed by atoms with Crippen molar-refractivity contribution < 1.29 is 27.2 Å². The van der Waals surface area contributed by atoms with Gasteiger partial charge in [0.25, 0.3) is 0 Å². The van der Waals surface area contributed by atoms with Gasteiger partial charge in [-0.05, 0) is 39.0 Å². The molecule has 0 aliphatic rings. The Morgan fingerprint density at radius 3 is 2.60 bits per heavy atom. The predicted molar refractivity (Wildman–Crippen MR) is 88.8 cm³/mol. The van der Waals surface area contributed by atoms with Crippen LogP contribution in [0.3, 0.4) is 0 Å². The van der Waals surface area contributed by atoms with Crippen molar-refractivity contribution in [2.45, 2.75) is 38.3 Å². The Balaban J connectivity index is 2.24. The lowest BCUT2D eigenvalue weighted by molar-refractivity contribution is 0.0437. The maximum Gasteiger partial charge on any atom is 0.338 e. The smallest absolute Gasteiger partial charge is 0.338 e. The van der Waals surface area contributed by atoms with Crippen LogP contribution in [0.5, 0.6) is 5.75 Å². The fourth-order valence-corrected chi connectivity index (χ4v) is 3.54. The van der Waals surface area contributed by atoms with Gasteiger partial charge in [0.1, 0.15) is 10.6 Å². The van der Waals surface area contributed by atoms with Crippen molar-refractivity contribution in [1.82, 2.24) is 9.88 Å². The van der Waals surface area contributed by atoms with E-state index in [-0.39, 0.29) is 28.9 Å². The van der Waals surface area contributed by atoms with E-state index in [2.05, 4.69) is 9.88 Å². The second-order valence-corrected chi connectivity index (χ2v) is 7.33. The first-order valence-corrected chi connectivity index (χ1v) is 9.01. The lowest BCUT2D eigenvalue weighted by atomic mass is 10.2. The lowest BCUT2D eigenvalue weighted by Crippen LogP contribution is -2.30. The zero-order chi connectivity index (χ0) is 18.6. The van der Waals surface area contributed by atoms with E-state index in [4.69, 9.17) is 14.0 Å². The Kier molecular flexibility index (Phi) is 5.81. The summed E-state index contributed by atoms with van der Waals surface area (Å²) < 4.78 is 42.4. The fraction of sp³-hybridized carbons (Fsp3) is 0.375. The van der Waals surface area contributed by atoms with Crippen molar-refractivity contribution in [3.05, 3.63) is 41.3 Å². The molecule has 1 aromatic carbocycles. The number of hydrogen-bond donors (Lipinski definition) is 1. The number of sulfonamides is 1. The monoisotopic (exact) mass is 368 g/mol. The van der Waals surface area contributed by atoms with Gasteiger partial charge in [0.15, 0.2) is 12.4 Å².